The van der Waals surface area contributed by atoms with Crippen molar-refractivity contribution >= 4 is 0 Å². The summed E-state index contributed by atoms with van der Waals surface area (Å²) in [5.41, 5.74) is 2.24. The van der Waals surface area contributed by atoms with Crippen LogP contribution in [0.4, 0.5) is 0 Å². The van der Waals surface area contributed by atoms with Gasteiger partial charge in [-0.15, -0.1) is 0 Å². The molecule has 2 unspecified atom stereocenters. The number of nitrogens with one attached hydrogen (secondary N) is 2. The van der Waals surface area contributed by atoms with Gasteiger partial charge >= 0.3 is 0 Å². The van der Waals surface area contributed by atoms with Gasteiger partial charge in [-0.25, -0.2) is 4.98 Å². The Morgan fingerprint density at radius 3 is 2.85 bits per heavy atom. The van der Waals surface area contributed by atoms with Crippen LogP contribution in [0.15, 0.2) is 18.5 Å². The number of hydrogen-bond acceptors (Lipinski definition) is 3. The molecule has 3 rings (SSSR count). The zero-order valence-electron chi connectivity index (χ0n) is 12.4. The summed E-state index contributed by atoms with van der Waals surface area (Å²) < 4.78 is 2.13. The van der Waals surface area contributed by atoms with Gasteiger partial charge in [-0.05, 0) is 38.7 Å². The molecular weight excluding hydrogens is 250 g/mol. The number of aromatic nitrogens is 4. The first-order chi connectivity index (χ1) is 9.63. The molecule has 0 aromatic carbocycles. The number of aromatic amines is 1. The Morgan fingerprint density at radius 1 is 1.50 bits per heavy atom. The van der Waals surface area contributed by atoms with Crippen LogP contribution < -0.4 is 5.32 Å². The highest BCUT2D eigenvalue weighted by molar-refractivity contribution is 5.09. The van der Waals surface area contributed by atoms with E-state index in [1.54, 1.807) is 0 Å². The third-order valence-electron chi connectivity index (χ3n) is 3.97. The van der Waals surface area contributed by atoms with Crippen molar-refractivity contribution in [1.29, 1.82) is 0 Å². The van der Waals surface area contributed by atoms with Crippen molar-refractivity contribution in [1.82, 2.24) is 25.1 Å². The fraction of sp³-hybridized carbons (Fsp3) is 0.600. The standard InChI is InChI=1S/C15H23N5/c1-10(8-13-9-11(2)18-19-13)17-14(12-4-5-12)15-16-6-7-20(15)3/h6-7,9-10,12,14,17H,4-5,8H2,1-3H3,(H,18,19). The second kappa shape index (κ2) is 5.40. The number of nitrogens with zero attached hydrogens (tertiary/aromatic N) is 3. The van der Waals surface area contributed by atoms with Gasteiger partial charge in [-0.1, -0.05) is 0 Å². The lowest BCUT2D eigenvalue weighted by molar-refractivity contribution is 0.393. The molecule has 5 nitrogen and oxygen atoms in total. The molecule has 108 valence electrons. The van der Waals surface area contributed by atoms with Gasteiger partial charge in [0.2, 0.25) is 0 Å². The second-order valence-corrected chi connectivity index (χ2v) is 6.03. The zero-order chi connectivity index (χ0) is 14.1. The fourth-order valence-corrected chi connectivity index (χ4v) is 2.79. The number of hydrogen-bond donors (Lipinski definition) is 2. The van der Waals surface area contributed by atoms with Crippen molar-refractivity contribution in [2.24, 2.45) is 13.0 Å². The van der Waals surface area contributed by atoms with Crippen LogP contribution in [0.3, 0.4) is 0 Å². The molecule has 0 spiro atoms. The molecule has 0 bridgehead atoms. The predicted molar refractivity (Wildman–Crippen MR) is 78.3 cm³/mol. The summed E-state index contributed by atoms with van der Waals surface area (Å²) in [5.74, 6) is 1.89. The smallest absolute Gasteiger partial charge is 0.125 e. The second-order valence-electron chi connectivity index (χ2n) is 6.03. The average Bonchev–Trinajstić information content (AvgIpc) is 3.04. The quantitative estimate of drug-likeness (QED) is 0.847. The van der Waals surface area contributed by atoms with Crippen molar-refractivity contribution in [3.63, 3.8) is 0 Å². The van der Waals surface area contributed by atoms with Gasteiger partial charge in [-0.2, -0.15) is 5.10 Å². The topological polar surface area (TPSA) is 58.5 Å². The van der Waals surface area contributed by atoms with Gasteiger partial charge in [0.15, 0.2) is 0 Å². The van der Waals surface area contributed by atoms with Gasteiger partial charge in [0, 0.05) is 37.6 Å². The van der Waals surface area contributed by atoms with Crippen LogP contribution in [0.5, 0.6) is 0 Å². The summed E-state index contributed by atoms with van der Waals surface area (Å²) in [5, 5.41) is 11.1. The van der Waals surface area contributed by atoms with Gasteiger partial charge in [-0.3, -0.25) is 5.10 Å². The predicted octanol–water partition coefficient (Wildman–Crippen LogP) is 2.12. The molecule has 5 heteroatoms. The van der Waals surface area contributed by atoms with Crippen LogP contribution >= 0.6 is 0 Å². The van der Waals surface area contributed by atoms with Crippen molar-refractivity contribution in [3.8, 4) is 0 Å². The Bertz CT molecular complexity index is 566. The monoisotopic (exact) mass is 273 g/mol. The first-order valence-corrected chi connectivity index (χ1v) is 7.37. The van der Waals surface area contributed by atoms with Gasteiger partial charge in [0.05, 0.1) is 11.7 Å². The van der Waals surface area contributed by atoms with E-state index < -0.39 is 0 Å². The summed E-state index contributed by atoms with van der Waals surface area (Å²) in [6, 6.07) is 2.87. The fourth-order valence-electron chi connectivity index (χ4n) is 2.79. The molecular formula is C15H23N5. The number of aryl methyl sites for hydroxylation is 2. The van der Waals surface area contributed by atoms with E-state index >= 15 is 0 Å². The van der Waals surface area contributed by atoms with E-state index in [9.17, 15) is 0 Å². The van der Waals surface area contributed by atoms with E-state index in [2.05, 4.69) is 45.1 Å². The lowest BCUT2D eigenvalue weighted by Crippen LogP contribution is -2.34. The van der Waals surface area contributed by atoms with Crippen molar-refractivity contribution < 1.29 is 0 Å². The van der Waals surface area contributed by atoms with Crippen LogP contribution in [0.2, 0.25) is 0 Å². The molecule has 1 aliphatic rings. The van der Waals surface area contributed by atoms with Crippen LogP contribution in [0, 0.1) is 12.8 Å². The molecule has 0 radical (unpaired) electrons. The molecule has 2 aromatic heterocycles. The summed E-state index contributed by atoms with van der Waals surface area (Å²) in [7, 11) is 2.07. The molecule has 1 aliphatic carbocycles. The number of H-pyrrole nitrogens is 1. The minimum Gasteiger partial charge on any atom is -0.337 e. The summed E-state index contributed by atoms with van der Waals surface area (Å²) >= 11 is 0. The van der Waals surface area contributed by atoms with E-state index in [-0.39, 0.29) is 0 Å². The first kappa shape index (κ1) is 13.4. The minimum absolute atomic E-state index is 0.366. The van der Waals surface area contributed by atoms with Gasteiger partial charge in [0.25, 0.3) is 0 Å². The molecule has 2 N–H and O–H groups in total. The SMILES string of the molecule is Cc1cc(CC(C)NC(c2nccn2C)C2CC2)n[nH]1. The highest BCUT2D eigenvalue weighted by Gasteiger charge is 2.35. The van der Waals surface area contributed by atoms with E-state index in [0.717, 1.165) is 29.6 Å². The largest absolute Gasteiger partial charge is 0.337 e. The van der Waals surface area contributed by atoms with Gasteiger partial charge in [0.1, 0.15) is 5.82 Å². The summed E-state index contributed by atoms with van der Waals surface area (Å²) in [4.78, 5) is 4.52. The van der Waals surface area contributed by atoms with Crippen molar-refractivity contribution in [2.75, 3.05) is 0 Å². The van der Waals surface area contributed by atoms with E-state index in [1.165, 1.54) is 12.8 Å². The van der Waals surface area contributed by atoms with Crippen LogP contribution in [-0.4, -0.2) is 25.8 Å². The molecule has 0 amide bonds. The highest BCUT2D eigenvalue weighted by atomic mass is 15.1. The lowest BCUT2D eigenvalue weighted by Gasteiger charge is -2.22. The molecule has 2 heterocycles. The molecule has 2 atom stereocenters. The molecule has 20 heavy (non-hydrogen) atoms. The normalized spacial score (nSPS) is 18.1. The van der Waals surface area contributed by atoms with E-state index in [4.69, 9.17) is 0 Å². The molecule has 1 fully saturated rings. The lowest BCUT2D eigenvalue weighted by atomic mass is 10.1. The van der Waals surface area contributed by atoms with Crippen LogP contribution in [0.25, 0.3) is 0 Å². The summed E-state index contributed by atoms with van der Waals surface area (Å²) in [6.45, 7) is 4.26. The Labute approximate surface area is 119 Å². The Balaban J connectivity index is 1.66. The Hall–Kier alpha value is -1.62. The minimum atomic E-state index is 0.366. The maximum absolute atomic E-state index is 4.52. The maximum Gasteiger partial charge on any atom is 0.125 e. The molecule has 0 saturated heterocycles. The first-order valence-electron chi connectivity index (χ1n) is 7.37. The van der Waals surface area contributed by atoms with Gasteiger partial charge < -0.3 is 9.88 Å². The van der Waals surface area contributed by atoms with Crippen molar-refractivity contribution in [2.45, 2.75) is 45.2 Å². The Morgan fingerprint density at radius 2 is 2.30 bits per heavy atom. The average molecular weight is 273 g/mol. The highest BCUT2D eigenvalue weighted by Crippen LogP contribution is 2.40. The van der Waals surface area contributed by atoms with E-state index in [1.807, 2.05) is 19.3 Å². The van der Waals surface area contributed by atoms with E-state index in [0.29, 0.717) is 12.1 Å². The summed E-state index contributed by atoms with van der Waals surface area (Å²) in [6.07, 6.45) is 7.46. The van der Waals surface area contributed by atoms with Crippen LogP contribution in [0.1, 0.15) is 43.0 Å². The third kappa shape index (κ3) is 2.93. The van der Waals surface area contributed by atoms with Crippen molar-refractivity contribution in [3.05, 3.63) is 35.7 Å². The molecule has 2 aromatic rings. The molecule has 1 saturated carbocycles. The number of imidazole rings is 1. The number of rotatable bonds is 6. The maximum atomic E-state index is 4.52. The third-order valence-corrected chi connectivity index (χ3v) is 3.97. The Kier molecular flexibility index (Phi) is 3.61. The zero-order valence-corrected chi connectivity index (χ0v) is 12.4. The van der Waals surface area contributed by atoms with Crippen LogP contribution in [-0.2, 0) is 13.5 Å². The molecule has 0 aliphatic heterocycles.